The standard InChI is InChI=1S/C14H16O2/c1-10-11-5-2-3-6-12(11)16-13(10)14(9-15)7-4-8-14/h2-3,5-6,15H,4,7-9H2,1H3. The van der Waals surface area contributed by atoms with Gasteiger partial charge in [0.1, 0.15) is 11.3 Å². The molecular formula is C14H16O2. The number of para-hydroxylation sites is 1. The van der Waals surface area contributed by atoms with Gasteiger partial charge in [0.25, 0.3) is 0 Å². The minimum atomic E-state index is -0.0941. The number of aryl methyl sites for hydroxylation is 1. The van der Waals surface area contributed by atoms with Crippen molar-refractivity contribution in [3.8, 4) is 0 Å². The Hall–Kier alpha value is -1.28. The van der Waals surface area contributed by atoms with E-state index in [1.165, 1.54) is 17.4 Å². The van der Waals surface area contributed by atoms with Crippen molar-refractivity contribution in [3.63, 3.8) is 0 Å². The predicted octanol–water partition coefficient (Wildman–Crippen LogP) is 3.16. The van der Waals surface area contributed by atoms with Crippen LogP contribution in [-0.4, -0.2) is 11.7 Å². The molecule has 0 aliphatic heterocycles. The molecule has 1 aromatic carbocycles. The first-order valence-corrected chi connectivity index (χ1v) is 5.86. The Morgan fingerprint density at radius 2 is 2.06 bits per heavy atom. The summed E-state index contributed by atoms with van der Waals surface area (Å²) in [6, 6.07) is 8.10. The number of hydrogen-bond donors (Lipinski definition) is 1. The van der Waals surface area contributed by atoms with E-state index >= 15 is 0 Å². The average Bonchev–Trinajstić information content (AvgIpc) is 2.57. The Bertz CT molecular complexity index is 515. The average molecular weight is 216 g/mol. The number of aliphatic hydroxyl groups is 1. The largest absolute Gasteiger partial charge is 0.460 e. The normalized spacial score (nSPS) is 18.6. The molecule has 3 rings (SSSR count). The fourth-order valence-electron chi connectivity index (χ4n) is 2.74. The van der Waals surface area contributed by atoms with Crippen molar-refractivity contribution in [3.05, 3.63) is 35.6 Å². The molecule has 2 nitrogen and oxygen atoms in total. The van der Waals surface area contributed by atoms with Gasteiger partial charge in [-0.25, -0.2) is 0 Å². The quantitative estimate of drug-likeness (QED) is 0.836. The predicted molar refractivity (Wildman–Crippen MR) is 63.6 cm³/mol. The molecule has 1 saturated carbocycles. The number of fused-ring (bicyclic) bond motifs is 1. The smallest absolute Gasteiger partial charge is 0.134 e. The molecule has 2 aromatic rings. The van der Waals surface area contributed by atoms with Gasteiger partial charge in [0.2, 0.25) is 0 Å². The van der Waals surface area contributed by atoms with Gasteiger partial charge in [-0.3, -0.25) is 0 Å². The Balaban J connectivity index is 2.20. The first kappa shape index (κ1) is 9.91. The summed E-state index contributed by atoms with van der Waals surface area (Å²) in [7, 11) is 0. The van der Waals surface area contributed by atoms with Crippen LogP contribution in [-0.2, 0) is 5.41 Å². The number of rotatable bonds is 2. The highest BCUT2D eigenvalue weighted by atomic mass is 16.3. The summed E-state index contributed by atoms with van der Waals surface area (Å²) < 4.78 is 5.94. The molecule has 2 heteroatoms. The van der Waals surface area contributed by atoms with E-state index in [0.29, 0.717) is 0 Å². The van der Waals surface area contributed by atoms with Crippen LogP contribution in [0.15, 0.2) is 28.7 Å². The van der Waals surface area contributed by atoms with Gasteiger partial charge < -0.3 is 9.52 Å². The molecule has 84 valence electrons. The summed E-state index contributed by atoms with van der Waals surface area (Å²) in [6.07, 6.45) is 3.28. The maximum Gasteiger partial charge on any atom is 0.134 e. The highest BCUT2D eigenvalue weighted by Gasteiger charge is 2.42. The molecule has 0 amide bonds. The van der Waals surface area contributed by atoms with Crippen LogP contribution in [0.3, 0.4) is 0 Å². The van der Waals surface area contributed by atoms with Gasteiger partial charge in [-0.1, -0.05) is 24.6 Å². The van der Waals surface area contributed by atoms with Gasteiger partial charge in [-0.2, -0.15) is 0 Å². The molecular weight excluding hydrogens is 200 g/mol. The highest BCUT2D eigenvalue weighted by molar-refractivity contribution is 5.82. The molecule has 0 spiro atoms. The van der Waals surface area contributed by atoms with Crippen molar-refractivity contribution in [2.24, 2.45) is 0 Å². The SMILES string of the molecule is Cc1c(C2(CO)CCC2)oc2ccccc12. The summed E-state index contributed by atoms with van der Waals surface area (Å²) in [5, 5.41) is 10.8. The second-order valence-electron chi connectivity index (χ2n) is 4.84. The number of aliphatic hydroxyl groups excluding tert-OH is 1. The molecule has 16 heavy (non-hydrogen) atoms. The van der Waals surface area contributed by atoms with E-state index in [0.717, 1.165) is 24.2 Å². The van der Waals surface area contributed by atoms with Crippen LogP contribution in [0.2, 0.25) is 0 Å². The van der Waals surface area contributed by atoms with Crippen LogP contribution in [0.1, 0.15) is 30.6 Å². The van der Waals surface area contributed by atoms with Crippen molar-refractivity contribution in [1.82, 2.24) is 0 Å². The zero-order valence-corrected chi connectivity index (χ0v) is 9.49. The lowest BCUT2D eigenvalue weighted by Crippen LogP contribution is -2.38. The fraction of sp³-hybridized carbons (Fsp3) is 0.429. The van der Waals surface area contributed by atoms with Crippen LogP contribution in [0, 0.1) is 6.92 Å². The van der Waals surface area contributed by atoms with E-state index < -0.39 is 0 Å². The molecule has 1 N–H and O–H groups in total. The van der Waals surface area contributed by atoms with Crippen LogP contribution in [0.5, 0.6) is 0 Å². The molecule has 0 atom stereocenters. The van der Waals surface area contributed by atoms with Crippen LogP contribution >= 0.6 is 0 Å². The zero-order valence-electron chi connectivity index (χ0n) is 9.49. The fourth-order valence-corrected chi connectivity index (χ4v) is 2.74. The summed E-state index contributed by atoms with van der Waals surface area (Å²) in [5.41, 5.74) is 2.04. The molecule has 0 radical (unpaired) electrons. The third-order valence-electron chi connectivity index (χ3n) is 3.94. The molecule has 0 bridgehead atoms. The molecule has 0 unspecified atom stereocenters. The summed E-state index contributed by atoms with van der Waals surface area (Å²) in [4.78, 5) is 0. The first-order chi connectivity index (χ1) is 7.77. The Morgan fingerprint density at radius 1 is 1.31 bits per heavy atom. The topological polar surface area (TPSA) is 33.4 Å². The minimum absolute atomic E-state index is 0.0941. The molecule has 1 aromatic heterocycles. The van der Waals surface area contributed by atoms with Gasteiger partial charge in [-0.05, 0) is 31.4 Å². The van der Waals surface area contributed by atoms with Crippen molar-refractivity contribution < 1.29 is 9.52 Å². The van der Waals surface area contributed by atoms with Crippen molar-refractivity contribution in [2.45, 2.75) is 31.6 Å². The van der Waals surface area contributed by atoms with Crippen molar-refractivity contribution in [1.29, 1.82) is 0 Å². The third kappa shape index (κ3) is 1.17. The molecule has 1 fully saturated rings. The van der Waals surface area contributed by atoms with Gasteiger partial charge in [0.05, 0.1) is 12.0 Å². The molecule has 1 aliphatic rings. The molecule has 0 saturated heterocycles. The number of benzene rings is 1. The second-order valence-corrected chi connectivity index (χ2v) is 4.84. The Kier molecular flexibility index (Phi) is 2.08. The second kappa shape index (κ2) is 3.36. The highest BCUT2D eigenvalue weighted by Crippen LogP contribution is 2.46. The van der Waals surface area contributed by atoms with Crippen molar-refractivity contribution >= 4 is 11.0 Å². The van der Waals surface area contributed by atoms with E-state index in [1.807, 2.05) is 18.2 Å². The van der Waals surface area contributed by atoms with Gasteiger partial charge in [0, 0.05) is 5.39 Å². The van der Waals surface area contributed by atoms with Crippen molar-refractivity contribution in [2.75, 3.05) is 6.61 Å². The van der Waals surface area contributed by atoms with Crippen LogP contribution < -0.4 is 0 Å². The van der Waals surface area contributed by atoms with E-state index in [-0.39, 0.29) is 12.0 Å². The van der Waals surface area contributed by atoms with E-state index in [1.54, 1.807) is 0 Å². The summed E-state index contributed by atoms with van der Waals surface area (Å²) >= 11 is 0. The maximum absolute atomic E-state index is 9.58. The molecule has 1 heterocycles. The van der Waals surface area contributed by atoms with E-state index in [9.17, 15) is 5.11 Å². The monoisotopic (exact) mass is 216 g/mol. The summed E-state index contributed by atoms with van der Waals surface area (Å²) in [6.45, 7) is 2.30. The van der Waals surface area contributed by atoms with Gasteiger partial charge in [0.15, 0.2) is 0 Å². The Morgan fingerprint density at radius 3 is 2.62 bits per heavy atom. The number of furan rings is 1. The van der Waals surface area contributed by atoms with Gasteiger partial charge >= 0.3 is 0 Å². The summed E-state index contributed by atoms with van der Waals surface area (Å²) in [5.74, 6) is 1.00. The first-order valence-electron chi connectivity index (χ1n) is 5.86. The lowest BCUT2D eigenvalue weighted by molar-refractivity contribution is 0.0996. The van der Waals surface area contributed by atoms with E-state index in [2.05, 4.69) is 13.0 Å². The van der Waals surface area contributed by atoms with E-state index in [4.69, 9.17) is 4.42 Å². The third-order valence-corrected chi connectivity index (χ3v) is 3.94. The zero-order chi connectivity index (χ0) is 11.2. The van der Waals surface area contributed by atoms with Crippen LogP contribution in [0.25, 0.3) is 11.0 Å². The molecule has 1 aliphatic carbocycles. The lowest BCUT2D eigenvalue weighted by Gasteiger charge is -2.38. The lowest BCUT2D eigenvalue weighted by atomic mass is 9.67. The maximum atomic E-state index is 9.58. The Labute approximate surface area is 94.9 Å². The van der Waals surface area contributed by atoms with Crippen LogP contribution in [0.4, 0.5) is 0 Å². The number of hydrogen-bond acceptors (Lipinski definition) is 2. The minimum Gasteiger partial charge on any atom is -0.460 e. The van der Waals surface area contributed by atoms with Gasteiger partial charge in [-0.15, -0.1) is 0 Å².